The number of hydrogen-bond acceptors (Lipinski definition) is 2. The second-order valence-electron chi connectivity index (χ2n) is 4.86. The van der Waals surface area contributed by atoms with Crippen molar-refractivity contribution in [3.05, 3.63) is 35.9 Å². The third kappa shape index (κ3) is 3.10. The summed E-state index contributed by atoms with van der Waals surface area (Å²) in [6.45, 7) is 1.67. The highest BCUT2D eigenvalue weighted by Gasteiger charge is 2.27. The Bertz CT molecular complexity index is 377. The van der Waals surface area contributed by atoms with Crippen LogP contribution in [0.15, 0.2) is 30.3 Å². The molecular formula is C15H21NO2. The quantitative estimate of drug-likeness (QED) is 0.885. The lowest BCUT2D eigenvalue weighted by atomic mass is 9.93. The highest BCUT2D eigenvalue weighted by atomic mass is 16.3. The zero-order valence-corrected chi connectivity index (χ0v) is 10.7. The molecule has 3 heteroatoms. The first-order chi connectivity index (χ1) is 8.83. The Morgan fingerprint density at radius 1 is 1.22 bits per heavy atom. The van der Waals surface area contributed by atoms with Gasteiger partial charge in [-0.25, -0.2) is 0 Å². The molecule has 0 saturated carbocycles. The standard InChI is InChI=1S/C15H21NO2/c17-12-6-11-16-10-5-4-9-14(15(16)18)13-7-2-1-3-8-13/h1-3,7-8,14,17H,4-6,9-12H2. The average Bonchev–Trinajstić information content (AvgIpc) is 2.60. The largest absolute Gasteiger partial charge is 0.396 e. The first-order valence-electron chi connectivity index (χ1n) is 6.77. The van der Waals surface area contributed by atoms with Crippen LogP contribution in [0.2, 0.25) is 0 Å². The Balaban J connectivity index is 2.11. The first-order valence-corrected chi connectivity index (χ1v) is 6.77. The van der Waals surface area contributed by atoms with Crippen LogP contribution in [-0.4, -0.2) is 35.6 Å². The second-order valence-corrected chi connectivity index (χ2v) is 4.86. The van der Waals surface area contributed by atoms with E-state index in [-0.39, 0.29) is 18.4 Å². The number of hydrogen-bond donors (Lipinski definition) is 1. The van der Waals surface area contributed by atoms with E-state index in [9.17, 15) is 4.79 Å². The summed E-state index contributed by atoms with van der Waals surface area (Å²) in [5, 5.41) is 8.90. The zero-order chi connectivity index (χ0) is 12.8. The normalized spacial score (nSPS) is 20.8. The fourth-order valence-electron chi connectivity index (χ4n) is 2.58. The predicted octanol–water partition coefficient (Wildman–Crippen LogP) is 2.17. The van der Waals surface area contributed by atoms with Gasteiger partial charge in [0.05, 0.1) is 5.92 Å². The topological polar surface area (TPSA) is 40.5 Å². The fraction of sp³-hybridized carbons (Fsp3) is 0.533. The highest BCUT2D eigenvalue weighted by Crippen LogP contribution is 2.27. The molecule has 1 fully saturated rings. The van der Waals surface area contributed by atoms with Crippen molar-refractivity contribution in [2.75, 3.05) is 19.7 Å². The van der Waals surface area contributed by atoms with Crippen molar-refractivity contribution in [1.82, 2.24) is 4.90 Å². The van der Waals surface area contributed by atoms with Crippen LogP contribution in [0.3, 0.4) is 0 Å². The molecule has 0 bridgehead atoms. The lowest BCUT2D eigenvalue weighted by Crippen LogP contribution is -2.35. The van der Waals surface area contributed by atoms with E-state index in [0.29, 0.717) is 13.0 Å². The minimum Gasteiger partial charge on any atom is -0.396 e. The molecule has 1 aromatic rings. The summed E-state index contributed by atoms with van der Waals surface area (Å²) >= 11 is 0. The van der Waals surface area contributed by atoms with Gasteiger partial charge in [-0.1, -0.05) is 36.8 Å². The average molecular weight is 247 g/mol. The van der Waals surface area contributed by atoms with Crippen LogP contribution >= 0.6 is 0 Å². The number of rotatable bonds is 4. The molecule has 1 saturated heterocycles. The summed E-state index contributed by atoms with van der Waals surface area (Å²) in [5.41, 5.74) is 1.12. The maximum Gasteiger partial charge on any atom is 0.230 e. The van der Waals surface area contributed by atoms with Crippen LogP contribution in [0, 0.1) is 0 Å². The molecule has 98 valence electrons. The Morgan fingerprint density at radius 3 is 2.72 bits per heavy atom. The number of carbonyl (C=O) groups is 1. The van der Waals surface area contributed by atoms with Gasteiger partial charge in [-0.05, 0) is 24.8 Å². The van der Waals surface area contributed by atoms with E-state index < -0.39 is 0 Å². The van der Waals surface area contributed by atoms with E-state index >= 15 is 0 Å². The lowest BCUT2D eigenvalue weighted by molar-refractivity contribution is -0.132. The number of benzene rings is 1. The molecule has 1 unspecified atom stereocenters. The van der Waals surface area contributed by atoms with Gasteiger partial charge in [-0.15, -0.1) is 0 Å². The summed E-state index contributed by atoms with van der Waals surface area (Å²) in [7, 11) is 0. The van der Waals surface area contributed by atoms with Crippen LogP contribution in [0.4, 0.5) is 0 Å². The third-order valence-electron chi connectivity index (χ3n) is 3.57. The maximum absolute atomic E-state index is 12.5. The van der Waals surface area contributed by atoms with Gasteiger partial charge < -0.3 is 10.0 Å². The molecule has 1 amide bonds. The van der Waals surface area contributed by atoms with Gasteiger partial charge >= 0.3 is 0 Å². The molecule has 2 rings (SSSR count). The van der Waals surface area contributed by atoms with Crippen molar-refractivity contribution < 1.29 is 9.90 Å². The number of likely N-dealkylation sites (tertiary alicyclic amines) is 1. The van der Waals surface area contributed by atoms with Crippen molar-refractivity contribution in [1.29, 1.82) is 0 Å². The minimum atomic E-state index is 0.00685. The van der Waals surface area contributed by atoms with E-state index in [1.54, 1.807) is 0 Å². The number of nitrogens with zero attached hydrogens (tertiary/aromatic N) is 1. The number of aliphatic hydroxyl groups excluding tert-OH is 1. The van der Waals surface area contributed by atoms with Crippen LogP contribution in [-0.2, 0) is 4.79 Å². The second kappa shape index (κ2) is 6.55. The van der Waals surface area contributed by atoms with Gasteiger partial charge in [-0.3, -0.25) is 4.79 Å². The van der Waals surface area contributed by atoms with Crippen LogP contribution in [0.5, 0.6) is 0 Å². The van der Waals surface area contributed by atoms with Crippen LogP contribution in [0.1, 0.15) is 37.2 Å². The molecule has 1 aliphatic heterocycles. The van der Waals surface area contributed by atoms with Gasteiger partial charge in [0.15, 0.2) is 0 Å². The van der Waals surface area contributed by atoms with Crippen molar-refractivity contribution in [2.45, 2.75) is 31.6 Å². The van der Waals surface area contributed by atoms with Crippen molar-refractivity contribution in [3.8, 4) is 0 Å². The summed E-state index contributed by atoms with van der Waals surface area (Å²) in [6.07, 6.45) is 3.78. The fourth-order valence-corrected chi connectivity index (χ4v) is 2.58. The molecule has 0 aliphatic carbocycles. The van der Waals surface area contributed by atoms with Gasteiger partial charge in [0, 0.05) is 19.7 Å². The molecule has 1 aromatic carbocycles. The monoisotopic (exact) mass is 247 g/mol. The predicted molar refractivity (Wildman–Crippen MR) is 71.3 cm³/mol. The summed E-state index contributed by atoms with van der Waals surface area (Å²) in [6, 6.07) is 10.0. The molecule has 0 aromatic heterocycles. The lowest BCUT2D eigenvalue weighted by Gasteiger charge is -2.24. The highest BCUT2D eigenvalue weighted by molar-refractivity contribution is 5.84. The third-order valence-corrected chi connectivity index (χ3v) is 3.57. The molecule has 3 nitrogen and oxygen atoms in total. The molecule has 1 aliphatic rings. The first kappa shape index (κ1) is 13.1. The molecular weight excluding hydrogens is 226 g/mol. The van der Waals surface area contributed by atoms with Crippen molar-refractivity contribution >= 4 is 5.91 Å². The summed E-state index contributed by atoms with van der Waals surface area (Å²) in [5.74, 6) is 0.236. The van der Waals surface area contributed by atoms with Crippen molar-refractivity contribution in [2.24, 2.45) is 0 Å². The molecule has 0 spiro atoms. The Hall–Kier alpha value is -1.35. The Morgan fingerprint density at radius 2 is 2.00 bits per heavy atom. The van der Waals surface area contributed by atoms with Gasteiger partial charge in [0.1, 0.15) is 0 Å². The van der Waals surface area contributed by atoms with E-state index in [0.717, 1.165) is 31.4 Å². The molecule has 1 heterocycles. The van der Waals surface area contributed by atoms with Crippen LogP contribution in [0.25, 0.3) is 0 Å². The summed E-state index contributed by atoms with van der Waals surface area (Å²) in [4.78, 5) is 14.4. The smallest absolute Gasteiger partial charge is 0.230 e. The Labute approximate surface area is 108 Å². The van der Waals surface area contributed by atoms with Gasteiger partial charge in [0.2, 0.25) is 5.91 Å². The number of carbonyl (C=O) groups excluding carboxylic acids is 1. The van der Waals surface area contributed by atoms with Gasteiger partial charge in [-0.2, -0.15) is 0 Å². The van der Waals surface area contributed by atoms with E-state index in [1.807, 2.05) is 35.2 Å². The van der Waals surface area contributed by atoms with E-state index in [4.69, 9.17) is 5.11 Å². The number of aliphatic hydroxyl groups is 1. The van der Waals surface area contributed by atoms with Crippen molar-refractivity contribution in [3.63, 3.8) is 0 Å². The SMILES string of the molecule is O=C1C(c2ccccc2)CCCCN1CCCO. The molecule has 18 heavy (non-hydrogen) atoms. The zero-order valence-electron chi connectivity index (χ0n) is 10.7. The van der Waals surface area contributed by atoms with E-state index in [2.05, 4.69) is 0 Å². The van der Waals surface area contributed by atoms with E-state index in [1.165, 1.54) is 0 Å². The maximum atomic E-state index is 12.5. The summed E-state index contributed by atoms with van der Waals surface area (Å²) < 4.78 is 0. The van der Waals surface area contributed by atoms with Crippen LogP contribution < -0.4 is 0 Å². The molecule has 0 radical (unpaired) electrons. The minimum absolute atomic E-state index is 0.00685. The molecule has 1 atom stereocenters. The Kier molecular flexibility index (Phi) is 4.76. The molecule has 1 N–H and O–H groups in total. The number of amides is 1. The van der Waals surface area contributed by atoms with Gasteiger partial charge in [0.25, 0.3) is 0 Å².